The van der Waals surface area contributed by atoms with E-state index in [4.69, 9.17) is 22.1 Å². The zero-order valence-electron chi connectivity index (χ0n) is 11.6. The molecule has 0 aliphatic carbocycles. The molecular formula is C15H14ClN3OS. The normalized spacial score (nSPS) is 11.0. The van der Waals surface area contributed by atoms with Crippen LogP contribution in [0.25, 0.3) is 11.0 Å². The highest BCUT2D eigenvalue weighted by molar-refractivity contribution is 7.99. The lowest BCUT2D eigenvalue weighted by atomic mass is 10.2. The van der Waals surface area contributed by atoms with E-state index >= 15 is 0 Å². The Morgan fingerprint density at radius 1 is 1.29 bits per heavy atom. The van der Waals surface area contributed by atoms with Crippen molar-refractivity contribution in [1.82, 2.24) is 9.97 Å². The number of ether oxygens (including phenoxy) is 1. The summed E-state index contributed by atoms with van der Waals surface area (Å²) >= 11 is 7.61. The monoisotopic (exact) mass is 319 g/mol. The highest BCUT2D eigenvalue weighted by Gasteiger charge is 2.09. The largest absolute Gasteiger partial charge is 0.497 e. The molecular weight excluding hydrogens is 306 g/mol. The van der Waals surface area contributed by atoms with Crippen molar-refractivity contribution in [1.29, 1.82) is 0 Å². The summed E-state index contributed by atoms with van der Waals surface area (Å²) in [5, 5.41) is 1.36. The molecule has 0 saturated heterocycles. The zero-order valence-corrected chi connectivity index (χ0v) is 13.2. The van der Waals surface area contributed by atoms with Gasteiger partial charge in [-0.2, -0.15) is 0 Å². The topological polar surface area (TPSA) is 63.9 Å². The molecule has 3 rings (SSSR count). The maximum absolute atomic E-state index is 6.08. The Morgan fingerprint density at radius 3 is 2.86 bits per heavy atom. The van der Waals surface area contributed by atoms with Crippen LogP contribution in [-0.2, 0) is 0 Å². The van der Waals surface area contributed by atoms with Gasteiger partial charge in [0.2, 0.25) is 0 Å². The van der Waals surface area contributed by atoms with E-state index in [1.807, 2.05) is 37.3 Å². The molecule has 0 spiro atoms. The molecule has 3 N–H and O–H groups in total. The summed E-state index contributed by atoms with van der Waals surface area (Å²) in [4.78, 5) is 8.86. The number of nitrogens with one attached hydrogen (secondary N) is 1. The lowest BCUT2D eigenvalue weighted by Crippen LogP contribution is -1.89. The number of aryl methyl sites for hydroxylation is 1. The number of halogens is 1. The van der Waals surface area contributed by atoms with Crippen LogP contribution in [0.1, 0.15) is 5.56 Å². The summed E-state index contributed by atoms with van der Waals surface area (Å²) in [6.07, 6.45) is 0. The second kappa shape index (κ2) is 5.50. The number of aromatic amines is 1. The second-order valence-corrected chi connectivity index (χ2v) is 6.10. The van der Waals surface area contributed by atoms with E-state index in [2.05, 4.69) is 9.97 Å². The molecule has 4 nitrogen and oxygen atoms in total. The van der Waals surface area contributed by atoms with E-state index in [0.717, 1.165) is 32.4 Å². The van der Waals surface area contributed by atoms with Gasteiger partial charge in [0.1, 0.15) is 5.75 Å². The minimum absolute atomic E-state index is 0.556. The Kier molecular flexibility index (Phi) is 3.69. The summed E-state index contributed by atoms with van der Waals surface area (Å²) < 4.78 is 5.21. The Balaban J connectivity index is 1.96. The predicted molar refractivity (Wildman–Crippen MR) is 87.4 cm³/mol. The number of anilines is 1. The first-order chi connectivity index (χ1) is 10.1. The van der Waals surface area contributed by atoms with Crippen LogP contribution in [0.4, 0.5) is 5.69 Å². The lowest BCUT2D eigenvalue weighted by Gasteiger charge is -2.06. The van der Waals surface area contributed by atoms with Gasteiger partial charge in [-0.15, -0.1) is 0 Å². The molecule has 0 fully saturated rings. The number of rotatable bonds is 3. The third-order valence-corrected chi connectivity index (χ3v) is 4.54. The number of hydrogen-bond acceptors (Lipinski definition) is 4. The van der Waals surface area contributed by atoms with Crippen molar-refractivity contribution in [2.24, 2.45) is 0 Å². The quantitative estimate of drug-likeness (QED) is 0.708. The fraction of sp³-hybridized carbons (Fsp3) is 0.133. The molecule has 0 radical (unpaired) electrons. The van der Waals surface area contributed by atoms with Crippen LogP contribution in [0.2, 0.25) is 5.02 Å². The van der Waals surface area contributed by atoms with Gasteiger partial charge in [-0.3, -0.25) is 0 Å². The standard InChI is InChI=1S/C15H14ClN3OS/c1-8-5-11(17)10(16)7-14(8)21-15-18-12-4-3-9(20-2)6-13(12)19-15/h3-7H,17H2,1-2H3,(H,18,19). The number of H-pyrrole nitrogens is 1. The number of nitrogens with zero attached hydrogens (tertiary/aromatic N) is 1. The van der Waals surface area contributed by atoms with E-state index in [0.29, 0.717) is 10.7 Å². The summed E-state index contributed by atoms with van der Waals surface area (Å²) in [6, 6.07) is 9.48. The molecule has 0 amide bonds. The molecule has 3 aromatic rings. The SMILES string of the molecule is COc1ccc2nc(Sc3cc(Cl)c(N)cc3C)[nH]c2c1. The minimum atomic E-state index is 0.556. The zero-order chi connectivity index (χ0) is 15.0. The maximum atomic E-state index is 6.08. The van der Waals surface area contributed by atoms with Crippen molar-refractivity contribution in [3.8, 4) is 5.75 Å². The van der Waals surface area contributed by atoms with Crippen molar-refractivity contribution in [2.75, 3.05) is 12.8 Å². The first kappa shape index (κ1) is 14.1. The molecule has 21 heavy (non-hydrogen) atoms. The van der Waals surface area contributed by atoms with Crippen molar-refractivity contribution < 1.29 is 4.74 Å². The number of nitrogen functional groups attached to an aromatic ring is 1. The van der Waals surface area contributed by atoms with E-state index in [1.165, 1.54) is 11.8 Å². The summed E-state index contributed by atoms with van der Waals surface area (Å²) in [5.41, 5.74) is 9.30. The smallest absolute Gasteiger partial charge is 0.171 e. The van der Waals surface area contributed by atoms with Gasteiger partial charge in [0.15, 0.2) is 5.16 Å². The average molecular weight is 320 g/mol. The average Bonchev–Trinajstić information content (AvgIpc) is 2.85. The van der Waals surface area contributed by atoms with E-state index in [1.54, 1.807) is 7.11 Å². The predicted octanol–water partition coefficient (Wildman–Crippen LogP) is 4.27. The van der Waals surface area contributed by atoms with E-state index in [-0.39, 0.29) is 0 Å². The van der Waals surface area contributed by atoms with Gasteiger partial charge < -0.3 is 15.5 Å². The molecule has 6 heteroatoms. The summed E-state index contributed by atoms with van der Waals surface area (Å²) in [6.45, 7) is 2.00. The number of nitrogens with two attached hydrogens (primary N) is 1. The van der Waals surface area contributed by atoms with E-state index in [9.17, 15) is 0 Å². The number of fused-ring (bicyclic) bond motifs is 1. The molecule has 0 bridgehead atoms. The van der Waals surface area contributed by atoms with Crippen LogP contribution in [0, 0.1) is 6.92 Å². The van der Waals surface area contributed by atoms with Crippen molar-refractivity contribution in [3.63, 3.8) is 0 Å². The number of hydrogen-bond donors (Lipinski definition) is 2. The van der Waals surface area contributed by atoms with Gasteiger partial charge in [0.25, 0.3) is 0 Å². The maximum Gasteiger partial charge on any atom is 0.171 e. The van der Waals surface area contributed by atoms with Crippen LogP contribution in [0.5, 0.6) is 5.75 Å². The van der Waals surface area contributed by atoms with Gasteiger partial charge in [0.05, 0.1) is 28.9 Å². The van der Waals surface area contributed by atoms with Gasteiger partial charge in [-0.25, -0.2) is 4.98 Å². The molecule has 1 heterocycles. The van der Waals surface area contributed by atoms with E-state index < -0.39 is 0 Å². The fourth-order valence-corrected chi connectivity index (χ4v) is 3.18. The molecule has 2 aromatic carbocycles. The summed E-state index contributed by atoms with van der Waals surface area (Å²) in [7, 11) is 1.65. The van der Waals surface area contributed by atoms with Crippen LogP contribution in [0.3, 0.4) is 0 Å². The Hall–Kier alpha value is -1.85. The number of imidazole rings is 1. The molecule has 0 aliphatic heterocycles. The van der Waals surface area contributed by atoms with Gasteiger partial charge in [0, 0.05) is 11.0 Å². The first-order valence-electron chi connectivity index (χ1n) is 6.34. The van der Waals surface area contributed by atoms with Crippen molar-refractivity contribution in [3.05, 3.63) is 40.9 Å². The van der Waals surface area contributed by atoms with Gasteiger partial charge >= 0.3 is 0 Å². The van der Waals surface area contributed by atoms with Crippen molar-refractivity contribution >= 4 is 40.1 Å². The highest BCUT2D eigenvalue weighted by Crippen LogP contribution is 2.34. The van der Waals surface area contributed by atoms with Crippen LogP contribution >= 0.6 is 23.4 Å². The van der Waals surface area contributed by atoms with Crippen LogP contribution in [-0.4, -0.2) is 17.1 Å². The first-order valence-corrected chi connectivity index (χ1v) is 7.53. The van der Waals surface area contributed by atoms with Gasteiger partial charge in [-0.1, -0.05) is 23.4 Å². The molecule has 0 atom stereocenters. The Labute approximate surface area is 131 Å². The Morgan fingerprint density at radius 2 is 2.10 bits per heavy atom. The number of benzene rings is 2. The van der Waals surface area contributed by atoms with Crippen LogP contribution in [0.15, 0.2) is 40.4 Å². The highest BCUT2D eigenvalue weighted by atomic mass is 35.5. The second-order valence-electron chi connectivity index (χ2n) is 4.67. The summed E-state index contributed by atoms with van der Waals surface area (Å²) in [5.74, 6) is 0.800. The molecule has 0 saturated carbocycles. The van der Waals surface area contributed by atoms with Gasteiger partial charge in [-0.05, 0) is 36.8 Å². The number of methoxy groups -OCH3 is 1. The number of aromatic nitrogens is 2. The molecule has 1 aromatic heterocycles. The van der Waals surface area contributed by atoms with Crippen molar-refractivity contribution in [2.45, 2.75) is 17.0 Å². The third kappa shape index (κ3) is 2.80. The molecule has 108 valence electrons. The van der Waals surface area contributed by atoms with Crippen LogP contribution < -0.4 is 10.5 Å². The Bertz CT molecular complexity index is 816. The lowest BCUT2D eigenvalue weighted by molar-refractivity contribution is 0.415. The fourth-order valence-electron chi connectivity index (χ4n) is 2.04. The third-order valence-electron chi connectivity index (χ3n) is 3.17. The molecule has 0 aliphatic rings. The molecule has 0 unspecified atom stereocenters. The minimum Gasteiger partial charge on any atom is -0.497 e.